The molecule has 0 aliphatic carbocycles. The molecule has 1 atom stereocenters. The number of esters is 1. The Labute approximate surface area is 147 Å². The molecule has 0 radical (unpaired) electrons. The van der Waals surface area contributed by atoms with Crippen LogP contribution in [0.1, 0.15) is 36.3 Å². The van der Waals surface area contributed by atoms with Crippen molar-refractivity contribution in [2.45, 2.75) is 19.9 Å². The summed E-state index contributed by atoms with van der Waals surface area (Å²) in [6.45, 7) is 3.93. The summed E-state index contributed by atoms with van der Waals surface area (Å²) in [7, 11) is 1.31. The molecule has 0 aliphatic heterocycles. The molecule has 0 saturated carbocycles. The number of H-pyrrole nitrogens is 1. The quantitative estimate of drug-likeness (QED) is 0.654. The van der Waals surface area contributed by atoms with E-state index in [0.29, 0.717) is 11.7 Å². The summed E-state index contributed by atoms with van der Waals surface area (Å²) >= 11 is 3.50. The van der Waals surface area contributed by atoms with E-state index >= 15 is 0 Å². The molecule has 24 heavy (non-hydrogen) atoms. The van der Waals surface area contributed by atoms with E-state index in [1.54, 1.807) is 6.20 Å². The molecule has 2 heterocycles. The van der Waals surface area contributed by atoms with Gasteiger partial charge < -0.3 is 19.9 Å². The number of nitrogens with zero attached hydrogens (tertiary/aromatic N) is 1. The number of fused-ring (bicyclic) bond motifs is 1. The predicted octanol–water partition coefficient (Wildman–Crippen LogP) is 4.03. The SMILES string of the molecule is COC(=O)c1nc(C(N)C(C)C)oc1-c1c[nH]c2c(Br)cccc12. The van der Waals surface area contributed by atoms with Gasteiger partial charge in [0.25, 0.3) is 0 Å². The Kier molecular flexibility index (Phi) is 4.47. The highest BCUT2D eigenvalue weighted by Crippen LogP contribution is 2.36. The number of rotatable bonds is 4. The van der Waals surface area contributed by atoms with E-state index in [1.165, 1.54) is 7.11 Å². The monoisotopic (exact) mass is 391 g/mol. The van der Waals surface area contributed by atoms with Gasteiger partial charge in [-0.25, -0.2) is 9.78 Å². The van der Waals surface area contributed by atoms with E-state index in [4.69, 9.17) is 14.9 Å². The molecular weight excluding hydrogens is 374 g/mol. The van der Waals surface area contributed by atoms with Crippen LogP contribution in [0.5, 0.6) is 0 Å². The van der Waals surface area contributed by atoms with Gasteiger partial charge in [0.2, 0.25) is 5.89 Å². The first-order valence-corrected chi connectivity index (χ1v) is 8.34. The van der Waals surface area contributed by atoms with Gasteiger partial charge in [-0.05, 0) is 27.9 Å². The van der Waals surface area contributed by atoms with Crippen molar-refractivity contribution in [1.29, 1.82) is 0 Å². The Hall–Kier alpha value is -2.12. The number of carbonyl (C=O) groups is 1. The summed E-state index contributed by atoms with van der Waals surface area (Å²) < 4.78 is 11.6. The molecule has 1 unspecified atom stereocenters. The van der Waals surface area contributed by atoms with E-state index in [-0.39, 0.29) is 11.6 Å². The Morgan fingerprint density at radius 1 is 1.42 bits per heavy atom. The van der Waals surface area contributed by atoms with Crippen LogP contribution in [-0.4, -0.2) is 23.0 Å². The zero-order valence-corrected chi connectivity index (χ0v) is 15.2. The van der Waals surface area contributed by atoms with Gasteiger partial charge in [0.05, 0.1) is 18.7 Å². The van der Waals surface area contributed by atoms with Crippen molar-refractivity contribution in [3.05, 3.63) is 40.5 Å². The van der Waals surface area contributed by atoms with Gasteiger partial charge in [0.15, 0.2) is 11.5 Å². The lowest BCUT2D eigenvalue weighted by Crippen LogP contribution is -2.17. The van der Waals surface area contributed by atoms with Crippen LogP contribution in [0.2, 0.25) is 0 Å². The molecule has 3 aromatic rings. The third kappa shape index (κ3) is 2.74. The molecular formula is C17H18BrN3O3. The number of para-hydroxylation sites is 1. The maximum absolute atomic E-state index is 12.1. The summed E-state index contributed by atoms with van der Waals surface area (Å²) in [6.07, 6.45) is 1.78. The van der Waals surface area contributed by atoms with Crippen molar-refractivity contribution in [3.63, 3.8) is 0 Å². The number of benzene rings is 1. The fourth-order valence-corrected chi connectivity index (χ4v) is 2.97. The maximum atomic E-state index is 12.1. The number of hydrogen-bond acceptors (Lipinski definition) is 5. The van der Waals surface area contributed by atoms with E-state index in [1.807, 2.05) is 32.0 Å². The van der Waals surface area contributed by atoms with Crippen molar-refractivity contribution in [2.24, 2.45) is 11.7 Å². The largest absolute Gasteiger partial charge is 0.464 e. The molecule has 126 valence electrons. The van der Waals surface area contributed by atoms with Crippen LogP contribution < -0.4 is 5.73 Å². The lowest BCUT2D eigenvalue weighted by molar-refractivity contribution is 0.0595. The van der Waals surface area contributed by atoms with Crippen molar-refractivity contribution in [1.82, 2.24) is 9.97 Å². The molecule has 0 fully saturated rings. The minimum absolute atomic E-state index is 0.124. The van der Waals surface area contributed by atoms with E-state index in [0.717, 1.165) is 20.9 Å². The van der Waals surface area contributed by atoms with Crippen LogP contribution in [0.15, 0.2) is 33.3 Å². The van der Waals surface area contributed by atoms with E-state index in [2.05, 4.69) is 25.9 Å². The molecule has 1 aromatic carbocycles. The number of hydrogen-bond donors (Lipinski definition) is 2. The molecule has 7 heteroatoms. The summed E-state index contributed by atoms with van der Waals surface area (Å²) in [5.74, 6) is 0.251. The number of oxazole rings is 1. The van der Waals surface area contributed by atoms with Crippen molar-refractivity contribution in [2.75, 3.05) is 7.11 Å². The molecule has 3 N–H and O–H groups in total. The summed E-state index contributed by atoms with van der Waals surface area (Å²) in [5, 5.41) is 0.912. The number of ether oxygens (including phenoxy) is 1. The predicted molar refractivity (Wildman–Crippen MR) is 94.6 cm³/mol. The van der Waals surface area contributed by atoms with Crippen molar-refractivity contribution >= 4 is 32.8 Å². The third-order valence-electron chi connectivity index (χ3n) is 3.94. The fraction of sp³-hybridized carbons (Fsp3) is 0.294. The fourth-order valence-electron chi connectivity index (χ4n) is 2.49. The molecule has 0 aliphatic rings. The lowest BCUT2D eigenvalue weighted by Gasteiger charge is -2.10. The highest BCUT2D eigenvalue weighted by molar-refractivity contribution is 9.10. The number of aromatic nitrogens is 2. The highest BCUT2D eigenvalue weighted by atomic mass is 79.9. The average Bonchev–Trinajstić information content (AvgIpc) is 3.17. The highest BCUT2D eigenvalue weighted by Gasteiger charge is 2.27. The third-order valence-corrected chi connectivity index (χ3v) is 4.60. The first-order valence-electron chi connectivity index (χ1n) is 7.54. The minimum Gasteiger partial charge on any atom is -0.464 e. The normalized spacial score (nSPS) is 12.8. The number of nitrogens with one attached hydrogen (secondary N) is 1. The summed E-state index contributed by atoms with van der Waals surface area (Å²) in [4.78, 5) is 19.6. The summed E-state index contributed by atoms with van der Waals surface area (Å²) in [5.41, 5.74) is 7.91. The van der Waals surface area contributed by atoms with Gasteiger partial charge in [0, 0.05) is 21.6 Å². The standard InChI is InChI=1S/C17H18BrN3O3/c1-8(2)12(19)16-21-14(17(22)23-3)15(24-16)10-7-20-13-9(10)5-4-6-11(13)18/h4-8,12,20H,19H2,1-3H3. The number of methoxy groups -OCH3 is 1. The van der Waals surface area contributed by atoms with Crippen LogP contribution in [0, 0.1) is 5.92 Å². The Morgan fingerprint density at radius 2 is 2.17 bits per heavy atom. The zero-order chi connectivity index (χ0) is 17.4. The smallest absolute Gasteiger partial charge is 0.360 e. The van der Waals surface area contributed by atoms with E-state index in [9.17, 15) is 4.79 Å². The van der Waals surface area contributed by atoms with Gasteiger partial charge in [-0.1, -0.05) is 26.0 Å². The summed E-state index contributed by atoms with van der Waals surface area (Å²) in [6, 6.07) is 5.39. The lowest BCUT2D eigenvalue weighted by atomic mass is 10.1. The molecule has 0 amide bonds. The first-order chi connectivity index (χ1) is 11.4. The van der Waals surface area contributed by atoms with Gasteiger partial charge in [0.1, 0.15) is 0 Å². The van der Waals surface area contributed by atoms with E-state index < -0.39 is 12.0 Å². The van der Waals surface area contributed by atoms with Gasteiger partial charge in [-0.2, -0.15) is 0 Å². The van der Waals surface area contributed by atoms with Crippen molar-refractivity contribution < 1.29 is 13.9 Å². The van der Waals surface area contributed by atoms with Gasteiger partial charge in [-0.3, -0.25) is 0 Å². The molecule has 3 rings (SSSR count). The van der Waals surface area contributed by atoms with Gasteiger partial charge >= 0.3 is 5.97 Å². The number of aromatic amines is 1. The van der Waals surface area contributed by atoms with Crippen LogP contribution in [0.3, 0.4) is 0 Å². The molecule has 0 saturated heterocycles. The zero-order valence-electron chi connectivity index (χ0n) is 13.6. The molecule has 2 aromatic heterocycles. The maximum Gasteiger partial charge on any atom is 0.360 e. The second-order valence-electron chi connectivity index (χ2n) is 5.86. The second kappa shape index (κ2) is 6.41. The average molecular weight is 392 g/mol. The van der Waals surface area contributed by atoms with Crippen LogP contribution in [-0.2, 0) is 4.74 Å². The van der Waals surface area contributed by atoms with Crippen LogP contribution in [0.4, 0.5) is 0 Å². The Balaban J connectivity index is 2.21. The Bertz CT molecular complexity index is 898. The first kappa shape index (κ1) is 16.7. The minimum atomic E-state index is -0.555. The van der Waals surface area contributed by atoms with Gasteiger partial charge in [-0.15, -0.1) is 0 Å². The number of halogens is 1. The topological polar surface area (TPSA) is 94.1 Å². The number of nitrogens with two attached hydrogens (primary N) is 1. The molecule has 6 nitrogen and oxygen atoms in total. The Morgan fingerprint density at radius 3 is 2.83 bits per heavy atom. The molecule has 0 bridgehead atoms. The van der Waals surface area contributed by atoms with Crippen LogP contribution in [0.25, 0.3) is 22.2 Å². The number of carbonyl (C=O) groups excluding carboxylic acids is 1. The van der Waals surface area contributed by atoms with Crippen LogP contribution >= 0.6 is 15.9 Å². The second-order valence-corrected chi connectivity index (χ2v) is 6.71. The van der Waals surface area contributed by atoms with Crippen molar-refractivity contribution in [3.8, 4) is 11.3 Å². The molecule has 0 spiro atoms.